The number of nitrogens with one attached hydrogen (secondary N) is 3. The molecule has 0 saturated heterocycles. The van der Waals surface area contributed by atoms with Gasteiger partial charge in [0, 0.05) is 42.4 Å². The Labute approximate surface area is 150 Å². The minimum atomic E-state index is -0.207. The Morgan fingerprint density at radius 1 is 1.32 bits per heavy atom. The summed E-state index contributed by atoms with van der Waals surface area (Å²) in [4.78, 5) is 17.1. The van der Waals surface area contributed by atoms with Crippen LogP contribution in [0.5, 0.6) is 0 Å². The van der Waals surface area contributed by atoms with E-state index in [0.29, 0.717) is 23.8 Å². The molecule has 1 saturated carbocycles. The van der Waals surface area contributed by atoms with Gasteiger partial charge in [0.1, 0.15) is 5.52 Å². The zero-order valence-corrected chi connectivity index (χ0v) is 14.3. The topological polar surface area (TPSA) is 95.8 Å². The number of fused-ring (bicyclic) bond motifs is 2. The van der Waals surface area contributed by atoms with E-state index in [4.69, 9.17) is 4.42 Å². The molecule has 3 heterocycles. The summed E-state index contributed by atoms with van der Waals surface area (Å²) >= 11 is 0. The number of anilines is 1. The predicted octanol–water partition coefficient (Wildman–Crippen LogP) is 2.75. The van der Waals surface area contributed by atoms with Gasteiger partial charge in [-0.15, -0.1) is 12.4 Å². The number of hydrogen-bond acceptors (Lipinski definition) is 5. The number of carbonyl (C=O) groups excluding carboxylic acids is 1. The smallest absolute Gasteiger partial charge is 0.276 e. The lowest BCUT2D eigenvalue weighted by Gasteiger charge is -2.12. The van der Waals surface area contributed by atoms with Crippen molar-refractivity contribution in [3.05, 3.63) is 41.0 Å². The first-order chi connectivity index (χ1) is 11.8. The summed E-state index contributed by atoms with van der Waals surface area (Å²) in [5, 5.41) is 13.3. The Hall–Kier alpha value is -2.38. The van der Waals surface area contributed by atoms with Gasteiger partial charge in [-0.2, -0.15) is 5.10 Å². The first-order valence-corrected chi connectivity index (χ1v) is 8.26. The van der Waals surface area contributed by atoms with Crippen molar-refractivity contribution in [2.75, 3.05) is 11.9 Å². The Kier molecular flexibility index (Phi) is 3.97. The molecule has 0 unspecified atom stereocenters. The molecule has 25 heavy (non-hydrogen) atoms. The fraction of sp³-hybridized carbons (Fsp3) is 0.353. The quantitative estimate of drug-likeness (QED) is 0.668. The molecule has 3 N–H and O–H groups in total. The van der Waals surface area contributed by atoms with Crippen LogP contribution in [0, 0.1) is 0 Å². The highest BCUT2D eigenvalue weighted by Crippen LogP contribution is 2.40. The van der Waals surface area contributed by atoms with Gasteiger partial charge in [0.2, 0.25) is 0 Å². The van der Waals surface area contributed by atoms with Gasteiger partial charge in [-0.1, -0.05) is 0 Å². The number of aromatic nitrogens is 3. The molecule has 8 heteroatoms. The molecule has 3 aromatic rings. The maximum absolute atomic E-state index is 12.5. The number of aromatic amines is 1. The number of benzene rings is 1. The van der Waals surface area contributed by atoms with E-state index in [-0.39, 0.29) is 18.3 Å². The van der Waals surface area contributed by atoms with Gasteiger partial charge < -0.3 is 15.1 Å². The van der Waals surface area contributed by atoms with Crippen molar-refractivity contribution in [3.63, 3.8) is 0 Å². The predicted molar refractivity (Wildman–Crippen MR) is 95.2 cm³/mol. The van der Waals surface area contributed by atoms with Crippen LogP contribution in [0.3, 0.4) is 0 Å². The van der Waals surface area contributed by atoms with E-state index >= 15 is 0 Å². The molecular weight excluding hydrogens is 342 g/mol. The second kappa shape index (κ2) is 6.16. The van der Waals surface area contributed by atoms with E-state index in [1.807, 2.05) is 18.2 Å². The third-order valence-electron chi connectivity index (χ3n) is 4.61. The number of nitrogens with zero attached hydrogens (tertiary/aromatic N) is 2. The maximum Gasteiger partial charge on any atom is 0.276 e. The molecule has 2 aromatic heterocycles. The molecule has 130 valence electrons. The summed E-state index contributed by atoms with van der Waals surface area (Å²) in [7, 11) is 0. The van der Waals surface area contributed by atoms with Crippen LogP contribution >= 0.6 is 12.4 Å². The lowest BCUT2D eigenvalue weighted by molar-refractivity contribution is 0.102. The van der Waals surface area contributed by atoms with Crippen molar-refractivity contribution >= 4 is 35.1 Å². The van der Waals surface area contributed by atoms with Gasteiger partial charge in [-0.3, -0.25) is 9.89 Å². The summed E-state index contributed by atoms with van der Waals surface area (Å²) in [6.07, 6.45) is 3.16. The zero-order chi connectivity index (χ0) is 16.1. The van der Waals surface area contributed by atoms with Crippen LogP contribution in [-0.2, 0) is 13.0 Å². The van der Waals surface area contributed by atoms with E-state index in [0.717, 1.165) is 54.1 Å². The first kappa shape index (κ1) is 16.1. The first-order valence-electron chi connectivity index (χ1n) is 8.26. The zero-order valence-electron chi connectivity index (χ0n) is 13.5. The van der Waals surface area contributed by atoms with Crippen LogP contribution in [0.1, 0.15) is 46.4 Å². The molecule has 0 spiro atoms. The van der Waals surface area contributed by atoms with Gasteiger partial charge in [0.25, 0.3) is 5.91 Å². The normalized spacial score (nSPS) is 16.3. The average Bonchev–Trinajstić information content (AvgIpc) is 3.21. The molecule has 7 nitrogen and oxygen atoms in total. The largest absolute Gasteiger partial charge is 0.440 e. The number of rotatable bonds is 3. The summed E-state index contributed by atoms with van der Waals surface area (Å²) < 4.78 is 5.75. The monoisotopic (exact) mass is 359 g/mol. The molecule has 1 aromatic carbocycles. The molecule has 2 aliphatic rings. The highest BCUT2D eigenvalue weighted by Gasteiger charge is 2.29. The van der Waals surface area contributed by atoms with E-state index in [1.165, 1.54) is 0 Å². The van der Waals surface area contributed by atoms with Crippen LogP contribution < -0.4 is 10.6 Å². The molecule has 5 rings (SSSR count). The standard InChI is InChI=1S/C17H17N5O2.ClH/c23-16(15-11-8-18-6-5-12(11)21-22-15)19-10-3-4-14-13(7-10)20-17(24-14)9-1-2-9;/h3-4,7,9,18H,1-2,5-6,8H2,(H,19,23)(H,21,22);1H. The van der Waals surface area contributed by atoms with Gasteiger partial charge >= 0.3 is 0 Å². The summed E-state index contributed by atoms with van der Waals surface area (Å²) in [6, 6.07) is 5.53. The molecule has 1 amide bonds. The minimum absolute atomic E-state index is 0. The number of oxazole rings is 1. The van der Waals surface area contributed by atoms with Crippen molar-refractivity contribution < 1.29 is 9.21 Å². The molecular formula is C17H18ClN5O2. The second-order valence-corrected chi connectivity index (χ2v) is 6.42. The molecule has 1 aliphatic carbocycles. The second-order valence-electron chi connectivity index (χ2n) is 6.42. The molecule has 0 atom stereocenters. The highest BCUT2D eigenvalue weighted by molar-refractivity contribution is 6.04. The third-order valence-corrected chi connectivity index (χ3v) is 4.61. The highest BCUT2D eigenvalue weighted by atomic mass is 35.5. The number of carbonyl (C=O) groups is 1. The van der Waals surface area contributed by atoms with Gasteiger partial charge in [0.05, 0.1) is 0 Å². The number of halogens is 1. The SMILES string of the molecule is Cl.O=C(Nc1ccc2oc(C3CC3)nc2c1)c1n[nH]c2c1CNCC2. The number of amides is 1. The number of hydrogen-bond donors (Lipinski definition) is 3. The maximum atomic E-state index is 12.5. The summed E-state index contributed by atoms with van der Waals surface area (Å²) in [5.74, 6) is 1.07. The van der Waals surface area contributed by atoms with Crippen molar-refractivity contribution in [2.24, 2.45) is 0 Å². The Morgan fingerprint density at radius 2 is 2.20 bits per heavy atom. The fourth-order valence-electron chi connectivity index (χ4n) is 3.13. The molecule has 1 aliphatic heterocycles. The third kappa shape index (κ3) is 2.89. The Bertz CT molecular complexity index is 944. The van der Waals surface area contributed by atoms with E-state index in [2.05, 4.69) is 25.8 Å². The molecule has 0 radical (unpaired) electrons. The minimum Gasteiger partial charge on any atom is -0.440 e. The summed E-state index contributed by atoms with van der Waals surface area (Å²) in [5.41, 5.74) is 4.69. The number of H-pyrrole nitrogens is 1. The lowest BCUT2D eigenvalue weighted by atomic mass is 10.1. The van der Waals surface area contributed by atoms with Crippen molar-refractivity contribution in [1.29, 1.82) is 0 Å². The average molecular weight is 360 g/mol. The Balaban J connectivity index is 0.00000157. The summed E-state index contributed by atoms with van der Waals surface area (Å²) in [6.45, 7) is 1.57. The van der Waals surface area contributed by atoms with Crippen LogP contribution in [0.25, 0.3) is 11.1 Å². The van der Waals surface area contributed by atoms with Gasteiger partial charge in [-0.05, 0) is 31.0 Å². The fourth-order valence-corrected chi connectivity index (χ4v) is 3.13. The van der Waals surface area contributed by atoms with E-state index in [9.17, 15) is 4.79 Å². The van der Waals surface area contributed by atoms with Gasteiger partial charge in [0.15, 0.2) is 17.2 Å². The van der Waals surface area contributed by atoms with Crippen molar-refractivity contribution in [3.8, 4) is 0 Å². The lowest BCUT2D eigenvalue weighted by Crippen LogP contribution is -2.25. The molecule has 1 fully saturated rings. The van der Waals surface area contributed by atoms with Crippen molar-refractivity contribution in [2.45, 2.75) is 31.7 Å². The Morgan fingerprint density at radius 3 is 3.04 bits per heavy atom. The van der Waals surface area contributed by atoms with Crippen LogP contribution in [-0.4, -0.2) is 27.6 Å². The van der Waals surface area contributed by atoms with Crippen molar-refractivity contribution in [1.82, 2.24) is 20.5 Å². The van der Waals surface area contributed by atoms with Crippen LogP contribution in [0.15, 0.2) is 22.6 Å². The van der Waals surface area contributed by atoms with E-state index < -0.39 is 0 Å². The van der Waals surface area contributed by atoms with E-state index in [1.54, 1.807) is 0 Å². The van der Waals surface area contributed by atoms with Gasteiger partial charge in [-0.25, -0.2) is 4.98 Å². The van der Waals surface area contributed by atoms with Crippen LogP contribution in [0.4, 0.5) is 5.69 Å². The van der Waals surface area contributed by atoms with Crippen LogP contribution in [0.2, 0.25) is 0 Å². The molecule has 0 bridgehead atoms.